The molecule has 0 amide bonds. The van der Waals surface area contributed by atoms with Crippen molar-refractivity contribution in [3.63, 3.8) is 0 Å². The van der Waals surface area contributed by atoms with Gasteiger partial charge in [-0.2, -0.15) is 13.2 Å². The third kappa shape index (κ3) is 2.57. The van der Waals surface area contributed by atoms with E-state index in [0.717, 1.165) is 6.07 Å². The molecule has 3 nitrogen and oxygen atoms in total. The number of halogens is 3. The van der Waals surface area contributed by atoms with E-state index in [1.54, 1.807) is 6.92 Å². The van der Waals surface area contributed by atoms with Crippen LogP contribution in [0.5, 0.6) is 11.5 Å². The van der Waals surface area contributed by atoms with Crippen molar-refractivity contribution in [2.24, 2.45) is 5.73 Å². The van der Waals surface area contributed by atoms with Crippen molar-refractivity contribution < 1.29 is 23.0 Å². The molecule has 0 aromatic heterocycles. The van der Waals surface area contributed by atoms with Gasteiger partial charge in [0.15, 0.2) is 11.5 Å². The molecule has 1 unspecified atom stereocenters. The van der Waals surface area contributed by atoms with Crippen molar-refractivity contribution >= 4 is 0 Å². The second-order valence-corrected chi connectivity index (χ2v) is 3.15. The minimum absolute atomic E-state index is 0.000278. The van der Waals surface area contributed by atoms with Crippen molar-refractivity contribution in [1.82, 2.24) is 0 Å². The number of phenolic OH excluding ortho intramolecular Hbond substituents is 1. The zero-order chi connectivity index (χ0) is 12.3. The van der Waals surface area contributed by atoms with E-state index in [2.05, 4.69) is 0 Å². The number of hydrogen-bond acceptors (Lipinski definition) is 3. The molecule has 3 N–H and O–H groups in total. The second kappa shape index (κ2) is 4.61. The molecule has 1 aromatic carbocycles. The van der Waals surface area contributed by atoms with Gasteiger partial charge >= 0.3 is 6.18 Å². The molecule has 1 aromatic rings. The van der Waals surface area contributed by atoms with Crippen molar-refractivity contribution in [3.05, 3.63) is 23.8 Å². The Morgan fingerprint density at radius 1 is 1.44 bits per heavy atom. The minimum Gasteiger partial charge on any atom is -0.504 e. The van der Waals surface area contributed by atoms with E-state index < -0.39 is 23.5 Å². The predicted molar refractivity (Wildman–Crippen MR) is 52.3 cm³/mol. The number of para-hydroxylation sites is 1. The minimum atomic E-state index is -4.59. The van der Waals surface area contributed by atoms with Gasteiger partial charge in [0, 0.05) is 5.56 Å². The summed E-state index contributed by atoms with van der Waals surface area (Å²) >= 11 is 0. The van der Waals surface area contributed by atoms with Crippen molar-refractivity contribution in [2.75, 3.05) is 6.61 Å². The molecule has 0 saturated carbocycles. The number of aromatic hydroxyl groups is 1. The Morgan fingerprint density at radius 3 is 2.56 bits per heavy atom. The second-order valence-electron chi connectivity index (χ2n) is 3.15. The first-order valence-electron chi connectivity index (χ1n) is 4.65. The Kier molecular flexibility index (Phi) is 3.64. The molecular weight excluding hydrogens is 223 g/mol. The number of alkyl halides is 3. The Balaban J connectivity index is 3.10. The molecule has 6 heteroatoms. The van der Waals surface area contributed by atoms with Gasteiger partial charge in [-0.3, -0.25) is 0 Å². The molecule has 0 bridgehead atoms. The summed E-state index contributed by atoms with van der Waals surface area (Å²) in [5.41, 5.74) is 4.61. The normalized spacial score (nSPS) is 13.6. The van der Waals surface area contributed by atoms with Crippen LogP contribution < -0.4 is 10.5 Å². The van der Waals surface area contributed by atoms with Crippen LogP contribution in [0.3, 0.4) is 0 Å². The number of benzene rings is 1. The van der Waals surface area contributed by atoms with E-state index >= 15 is 0 Å². The maximum absolute atomic E-state index is 12.4. The Bertz CT molecular complexity index is 366. The Labute approximate surface area is 90.6 Å². The smallest absolute Gasteiger partial charge is 0.407 e. The van der Waals surface area contributed by atoms with Crippen LogP contribution >= 0.6 is 0 Å². The fraction of sp³-hybridized carbons (Fsp3) is 0.400. The summed E-state index contributed by atoms with van der Waals surface area (Å²) in [7, 11) is 0. The van der Waals surface area contributed by atoms with Crippen LogP contribution in [-0.2, 0) is 0 Å². The van der Waals surface area contributed by atoms with Gasteiger partial charge < -0.3 is 15.6 Å². The molecule has 0 radical (unpaired) electrons. The molecule has 0 heterocycles. The Morgan fingerprint density at radius 2 is 2.06 bits per heavy atom. The van der Waals surface area contributed by atoms with Crippen LogP contribution in [0.15, 0.2) is 18.2 Å². The maximum atomic E-state index is 12.4. The number of ether oxygens (including phenoxy) is 1. The van der Waals surface area contributed by atoms with Crippen LogP contribution in [0.25, 0.3) is 0 Å². The van der Waals surface area contributed by atoms with Crippen LogP contribution in [0.1, 0.15) is 18.5 Å². The molecule has 1 rings (SSSR count). The summed E-state index contributed by atoms with van der Waals surface area (Å²) in [6.07, 6.45) is -4.59. The molecule has 0 aliphatic carbocycles. The Hall–Kier alpha value is -1.43. The topological polar surface area (TPSA) is 55.5 Å². The SMILES string of the molecule is CCOc1cccc(C(N)C(F)(F)F)c1O. The predicted octanol–water partition coefficient (Wildman–Crippen LogP) is 2.35. The van der Waals surface area contributed by atoms with Crippen molar-refractivity contribution in [3.8, 4) is 11.5 Å². The van der Waals surface area contributed by atoms with Crippen LogP contribution in [-0.4, -0.2) is 17.9 Å². The molecule has 0 aliphatic heterocycles. The lowest BCUT2D eigenvalue weighted by molar-refractivity contribution is -0.149. The zero-order valence-electron chi connectivity index (χ0n) is 8.58. The van der Waals surface area contributed by atoms with Crippen molar-refractivity contribution in [1.29, 1.82) is 0 Å². The molecule has 0 spiro atoms. The first-order chi connectivity index (χ1) is 7.38. The lowest BCUT2D eigenvalue weighted by atomic mass is 10.1. The van der Waals surface area contributed by atoms with E-state index in [-0.39, 0.29) is 12.4 Å². The molecule has 0 aliphatic rings. The first-order valence-corrected chi connectivity index (χ1v) is 4.65. The average molecular weight is 235 g/mol. The van der Waals surface area contributed by atoms with E-state index in [1.807, 2.05) is 0 Å². The van der Waals surface area contributed by atoms with E-state index in [4.69, 9.17) is 10.5 Å². The van der Waals surface area contributed by atoms with Gasteiger partial charge in [0.25, 0.3) is 0 Å². The third-order valence-corrected chi connectivity index (χ3v) is 2.02. The summed E-state index contributed by atoms with van der Waals surface area (Å²) in [5.74, 6) is -0.561. The monoisotopic (exact) mass is 235 g/mol. The largest absolute Gasteiger partial charge is 0.504 e. The molecular formula is C10H12F3NO2. The zero-order valence-corrected chi connectivity index (χ0v) is 8.58. The lowest BCUT2D eigenvalue weighted by Gasteiger charge is -2.18. The van der Waals surface area contributed by atoms with E-state index in [1.165, 1.54) is 12.1 Å². The van der Waals surface area contributed by atoms with Crippen LogP contribution in [0.4, 0.5) is 13.2 Å². The summed E-state index contributed by atoms with van der Waals surface area (Å²) in [6, 6.07) is 1.64. The van der Waals surface area contributed by atoms with Crippen LogP contribution in [0.2, 0.25) is 0 Å². The summed E-state index contributed by atoms with van der Waals surface area (Å²) in [5, 5.41) is 9.55. The molecule has 90 valence electrons. The molecule has 1 atom stereocenters. The number of hydrogen-bond donors (Lipinski definition) is 2. The average Bonchev–Trinajstić information content (AvgIpc) is 2.19. The number of rotatable bonds is 3. The highest BCUT2D eigenvalue weighted by Crippen LogP contribution is 2.39. The van der Waals surface area contributed by atoms with Gasteiger partial charge in [0.1, 0.15) is 6.04 Å². The summed E-state index contributed by atoms with van der Waals surface area (Å²) in [6.45, 7) is 1.91. The van der Waals surface area contributed by atoms with Crippen LogP contribution in [0, 0.1) is 0 Å². The van der Waals surface area contributed by atoms with Gasteiger partial charge in [0.05, 0.1) is 6.61 Å². The van der Waals surface area contributed by atoms with Crippen molar-refractivity contribution in [2.45, 2.75) is 19.1 Å². The summed E-state index contributed by atoms with van der Waals surface area (Å²) in [4.78, 5) is 0. The molecule has 0 fully saturated rings. The highest BCUT2D eigenvalue weighted by atomic mass is 19.4. The maximum Gasteiger partial charge on any atom is 0.407 e. The van der Waals surface area contributed by atoms with Gasteiger partial charge in [-0.15, -0.1) is 0 Å². The fourth-order valence-electron chi connectivity index (χ4n) is 1.24. The molecule has 0 saturated heterocycles. The standard InChI is InChI=1S/C10H12F3NO2/c1-2-16-7-5-3-4-6(8(7)15)9(14)10(11,12)13/h3-5,9,15H,2,14H2,1H3. The van der Waals surface area contributed by atoms with E-state index in [9.17, 15) is 18.3 Å². The number of phenols is 1. The van der Waals surface area contributed by atoms with E-state index in [0.29, 0.717) is 0 Å². The number of nitrogens with two attached hydrogens (primary N) is 1. The van der Waals surface area contributed by atoms with Gasteiger partial charge in [0.2, 0.25) is 0 Å². The summed E-state index contributed by atoms with van der Waals surface area (Å²) < 4.78 is 42.0. The lowest BCUT2D eigenvalue weighted by Crippen LogP contribution is -2.28. The van der Waals surface area contributed by atoms with Gasteiger partial charge in [-0.25, -0.2) is 0 Å². The first kappa shape index (κ1) is 12.6. The quantitative estimate of drug-likeness (QED) is 0.845. The van der Waals surface area contributed by atoms with Gasteiger partial charge in [-0.05, 0) is 13.0 Å². The fourth-order valence-corrected chi connectivity index (χ4v) is 1.24. The molecule has 16 heavy (non-hydrogen) atoms. The van der Waals surface area contributed by atoms with Gasteiger partial charge in [-0.1, -0.05) is 12.1 Å². The highest BCUT2D eigenvalue weighted by Gasteiger charge is 2.39. The third-order valence-electron chi connectivity index (χ3n) is 2.02. The highest BCUT2D eigenvalue weighted by molar-refractivity contribution is 5.47.